The van der Waals surface area contributed by atoms with Gasteiger partial charge in [0.1, 0.15) is 12.4 Å². The van der Waals surface area contributed by atoms with Crippen LogP contribution in [0.25, 0.3) is 6.08 Å². The Labute approximate surface area is 156 Å². The van der Waals surface area contributed by atoms with E-state index >= 15 is 0 Å². The molecule has 26 heavy (non-hydrogen) atoms. The fraction of sp³-hybridized carbons (Fsp3) is 0.150. The van der Waals surface area contributed by atoms with Crippen molar-refractivity contribution in [3.63, 3.8) is 0 Å². The summed E-state index contributed by atoms with van der Waals surface area (Å²) in [6, 6.07) is 9.24. The minimum atomic E-state index is -0.534. The molecular weight excluding hydrogens is 359 g/mol. The lowest BCUT2D eigenvalue weighted by molar-refractivity contribution is -0.136. The fourth-order valence-corrected chi connectivity index (χ4v) is 2.25. The molecule has 2 aromatic rings. The zero-order chi connectivity index (χ0) is 18.9. The maximum atomic E-state index is 13.1. The standard InChI is InChI=1S/C20H16ClFO4/c1-3-10-25-20(23)9-5-14-4-8-18(19(11-14)24-2)26-13-15-6-7-16(22)12-17(15)21/h1,4-9,11-12H,10,13H2,2H3/b9-5+. The summed E-state index contributed by atoms with van der Waals surface area (Å²) in [5, 5.41) is 0.286. The van der Waals surface area contributed by atoms with Crippen molar-refractivity contribution in [1.82, 2.24) is 0 Å². The number of terminal acetylenes is 1. The second-order valence-electron chi connectivity index (χ2n) is 5.08. The lowest BCUT2D eigenvalue weighted by Crippen LogP contribution is -2.00. The van der Waals surface area contributed by atoms with Crippen molar-refractivity contribution < 1.29 is 23.4 Å². The van der Waals surface area contributed by atoms with Gasteiger partial charge < -0.3 is 14.2 Å². The second kappa shape index (κ2) is 9.50. The largest absolute Gasteiger partial charge is 0.493 e. The van der Waals surface area contributed by atoms with Gasteiger partial charge in [-0.05, 0) is 35.9 Å². The van der Waals surface area contributed by atoms with Gasteiger partial charge in [-0.1, -0.05) is 29.7 Å². The molecule has 2 aromatic carbocycles. The smallest absolute Gasteiger partial charge is 0.331 e. The zero-order valence-corrected chi connectivity index (χ0v) is 14.8. The molecule has 0 aliphatic heterocycles. The quantitative estimate of drug-likeness (QED) is 0.413. The maximum Gasteiger partial charge on any atom is 0.331 e. The van der Waals surface area contributed by atoms with Crippen molar-refractivity contribution in [3.8, 4) is 23.8 Å². The molecule has 0 aliphatic carbocycles. The molecule has 0 atom stereocenters. The third-order valence-electron chi connectivity index (χ3n) is 3.30. The van der Waals surface area contributed by atoms with Crippen LogP contribution in [-0.4, -0.2) is 19.7 Å². The zero-order valence-electron chi connectivity index (χ0n) is 14.0. The van der Waals surface area contributed by atoms with Gasteiger partial charge in [-0.3, -0.25) is 0 Å². The molecule has 6 heteroatoms. The first-order valence-electron chi connectivity index (χ1n) is 7.56. The van der Waals surface area contributed by atoms with Crippen LogP contribution in [-0.2, 0) is 16.1 Å². The fourth-order valence-electron chi connectivity index (χ4n) is 2.03. The Bertz CT molecular complexity index is 855. The molecule has 4 nitrogen and oxygen atoms in total. The Balaban J connectivity index is 2.07. The summed E-state index contributed by atoms with van der Waals surface area (Å²) >= 11 is 5.99. The third-order valence-corrected chi connectivity index (χ3v) is 3.65. The van der Waals surface area contributed by atoms with Gasteiger partial charge in [0.05, 0.1) is 12.1 Å². The normalized spacial score (nSPS) is 10.4. The Morgan fingerprint density at radius 2 is 2.08 bits per heavy atom. The highest BCUT2D eigenvalue weighted by atomic mass is 35.5. The first-order chi connectivity index (χ1) is 12.5. The van der Waals surface area contributed by atoms with Crippen LogP contribution in [0.5, 0.6) is 11.5 Å². The van der Waals surface area contributed by atoms with Crippen molar-refractivity contribution in [2.24, 2.45) is 0 Å². The van der Waals surface area contributed by atoms with Gasteiger partial charge in [0.25, 0.3) is 0 Å². The van der Waals surface area contributed by atoms with E-state index in [9.17, 15) is 9.18 Å². The van der Waals surface area contributed by atoms with Gasteiger partial charge in [0.15, 0.2) is 18.1 Å². The number of carbonyl (C=O) groups is 1. The average molecular weight is 375 g/mol. The van der Waals surface area contributed by atoms with Crippen LogP contribution >= 0.6 is 11.6 Å². The summed E-state index contributed by atoms with van der Waals surface area (Å²) in [7, 11) is 1.50. The molecule has 2 rings (SSSR count). The predicted molar refractivity (Wildman–Crippen MR) is 97.6 cm³/mol. The van der Waals surface area contributed by atoms with E-state index < -0.39 is 11.8 Å². The highest BCUT2D eigenvalue weighted by Crippen LogP contribution is 2.30. The number of hydrogen-bond acceptors (Lipinski definition) is 4. The second-order valence-corrected chi connectivity index (χ2v) is 5.49. The van der Waals surface area contributed by atoms with Gasteiger partial charge in [-0.15, -0.1) is 6.42 Å². The van der Waals surface area contributed by atoms with Crippen LogP contribution < -0.4 is 9.47 Å². The number of benzene rings is 2. The van der Waals surface area contributed by atoms with E-state index in [2.05, 4.69) is 5.92 Å². The molecule has 0 bridgehead atoms. The van der Waals surface area contributed by atoms with Crippen molar-refractivity contribution in [3.05, 3.63) is 64.4 Å². The van der Waals surface area contributed by atoms with Crippen molar-refractivity contribution in [2.45, 2.75) is 6.61 Å². The summed E-state index contributed by atoms with van der Waals surface area (Å²) < 4.78 is 28.8. The number of halogens is 2. The Morgan fingerprint density at radius 1 is 1.27 bits per heavy atom. The van der Waals surface area contributed by atoms with Gasteiger partial charge in [0.2, 0.25) is 0 Å². The number of esters is 1. The number of hydrogen-bond donors (Lipinski definition) is 0. The number of methoxy groups -OCH3 is 1. The minimum absolute atomic E-state index is 0.0782. The lowest BCUT2D eigenvalue weighted by Gasteiger charge is -2.12. The summed E-state index contributed by atoms with van der Waals surface area (Å²) in [5.74, 6) is 2.23. The van der Waals surface area contributed by atoms with Crippen LogP contribution in [0, 0.1) is 18.2 Å². The summed E-state index contributed by atoms with van der Waals surface area (Å²) in [5.41, 5.74) is 1.36. The van der Waals surface area contributed by atoms with Crippen LogP contribution in [0.2, 0.25) is 5.02 Å². The van der Waals surface area contributed by atoms with Crippen LogP contribution in [0.4, 0.5) is 4.39 Å². The van der Waals surface area contributed by atoms with E-state index in [0.717, 1.165) is 0 Å². The molecule has 0 unspecified atom stereocenters. The molecule has 0 amide bonds. The molecule has 0 radical (unpaired) electrons. The van der Waals surface area contributed by atoms with Gasteiger partial charge in [0, 0.05) is 11.6 Å². The Kier molecular flexibility index (Phi) is 7.07. The summed E-state index contributed by atoms with van der Waals surface area (Å²) in [6.07, 6.45) is 7.86. The predicted octanol–water partition coefficient (Wildman–Crippen LogP) is 4.26. The molecule has 0 aromatic heterocycles. The average Bonchev–Trinajstić information content (AvgIpc) is 2.64. The number of carbonyl (C=O) groups excluding carboxylic acids is 1. The van der Waals surface area contributed by atoms with E-state index in [1.165, 1.54) is 25.3 Å². The summed E-state index contributed by atoms with van der Waals surface area (Å²) in [6.45, 7) is 0.0777. The molecular formula is C20H16ClFO4. The van der Waals surface area contributed by atoms with Gasteiger partial charge in [-0.25, -0.2) is 9.18 Å². The first-order valence-corrected chi connectivity index (χ1v) is 7.94. The van der Waals surface area contributed by atoms with Gasteiger partial charge >= 0.3 is 5.97 Å². The molecule has 134 valence electrons. The first kappa shape index (κ1) is 19.4. The molecule has 0 N–H and O–H groups in total. The van der Waals surface area contributed by atoms with E-state index in [-0.39, 0.29) is 18.2 Å². The molecule has 0 aliphatic rings. The molecule has 0 spiro atoms. The van der Waals surface area contributed by atoms with E-state index in [4.69, 9.17) is 32.2 Å². The highest BCUT2D eigenvalue weighted by Gasteiger charge is 2.08. The highest BCUT2D eigenvalue weighted by molar-refractivity contribution is 6.31. The van der Waals surface area contributed by atoms with E-state index in [0.29, 0.717) is 22.6 Å². The molecule has 0 saturated heterocycles. The SMILES string of the molecule is C#CCOC(=O)/C=C/c1ccc(OCc2ccc(F)cc2Cl)c(OC)c1. The number of ether oxygens (including phenoxy) is 3. The Hall–Kier alpha value is -2.97. The van der Waals surface area contributed by atoms with Crippen LogP contribution in [0.15, 0.2) is 42.5 Å². The third kappa shape index (κ3) is 5.54. The van der Waals surface area contributed by atoms with Gasteiger partial charge in [-0.2, -0.15) is 0 Å². The Morgan fingerprint density at radius 3 is 2.77 bits per heavy atom. The lowest BCUT2D eigenvalue weighted by atomic mass is 10.2. The van der Waals surface area contributed by atoms with Crippen molar-refractivity contribution in [2.75, 3.05) is 13.7 Å². The van der Waals surface area contributed by atoms with Crippen LogP contribution in [0.3, 0.4) is 0 Å². The monoisotopic (exact) mass is 374 g/mol. The topological polar surface area (TPSA) is 44.8 Å². The number of rotatable bonds is 7. The van der Waals surface area contributed by atoms with E-state index in [1.807, 2.05) is 0 Å². The molecule has 0 fully saturated rings. The van der Waals surface area contributed by atoms with E-state index in [1.54, 1.807) is 30.3 Å². The summed E-state index contributed by atoms with van der Waals surface area (Å²) in [4.78, 5) is 11.4. The van der Waals surface area contributed by atoms with Crippen molar-refractivity contribution >= 4 is 23.6 Å². The van der Waals surface area contributed by atoms with Crippen LogP contribution in [0.1, 0.15) is 11.1 Å². The maximum absolute atomic E-state index is 13.1. The molecule has 0 heterocycles. The minimum Gasteiger partial charge on any atom is -0.493 e. The van der Waals surface area contributed by atoms with Crippen molar-refractivity contribution in [1.29, 1.82) is 0 Å². The molecule has 0 saturated carbocycles.